The first kappa shape index (κ1) is 13.8. The molecular formula is C18H21N3S. The molecule has 0 aliphatic heterocycles. The Labute approximate surface area is 134 Å². The summed E-state index contributed by atoms with van der Waals surface area (Å²) in [5, 5.41) is 0. The highest BCUT2D eigenvalue weighted by Crippen LogP contribution is 2.36. The quantitative estimate of drug-likeness (QED) is 0.748. The fourth-order valence-corrected chi connectivity index (χ4v) is 4.51. The second-order valence-electron chi connectivity index (χ2n) is 6.42. The molecule has 0 fully saturated rings. The summed E-state index contributed by atoms with van der Waals surface area (Å²) in [4.78, 5) is 7.34. The molecule has 0 unspecified atom stereocenters. The molecule has 22 heavy (non-hydrogen) atoms. The number of anilines is 1. The van der Waals surface area contributed by atoms with Crippen molar-refractivity contribution in [1.29, 1.82) is 0 Å². The lowest BCUT2D eigenvalue weighted by atomic mass is 10.0. The Balaban J connectivity index is 1.82. The highest BCUT2D eigenvalue weighted by atomic mass is 32.1. The van der Waals surface area contributed by atoms with E-state index in [1.54, 1.807) is 0 Å². The third kappa shape index (κ3) is 2.05. The van der Waals surface area contributed by atoms with Gasteiger partial charge < -0.3 is 5.73 Å². The van der Waals surface area contributed by atoms with Crippen molar-refractivity contribution in [2.45, 2.75) is 45.4 Å². The van der Waals surface area contributed by atoms with Crippen LogP contribution in [0.2, 0.25) is 0 Å². The summed E-state index contributed by atoms with van der Waals surface area (Å²) in [5.41, 5.74) is 11.2. The Hall–Kier alpha value is -1.81. The first-order valence-electron chi connectivity index (χ1n) is 8.04. The van der Waals surface area contributed by atoms with Gasteiger partial charge in [-0.1, -0.05) is 38.1 Å². The number of hydrogen-bond donors (Lipinski definition) is 1. The number of imidazole rings is 1. The molecule has 0 bridgehead atoms. The van der Waals surface area contributed by atoms with E-state index in [-0.39, 0.29) is 0 Å². The lowest BCUT2D eigenvalue weighted by Gasteiger charge is -2.11. The maximum atomic E-state index is 6.44. The molecule has 3 nitrogen and oxygen atoms in total. The molecule has 114 valence electrons. The van der Waals surface area contributed by atoms with Crippen LogP contribution in [0.4, 0.5) is 5.82 Å². The minimum Gasteiger partial charge on any atom is -0.383 e. The van der Waals surface area contributed by atoms with Crippen LogP contribution < -0.4 is 5.73 Å². The number of rotatable bonds is 2. The van der Waals surface area contributed by atoms with Crippen molar-refractivity contribution in [2.24, 2.45) is 0 Å². The number of aryl methyl sites for hydroxylation is 2. The first-order valence-corrected chi connectivity index (χ1v) is 8.85. The lowest BCUT2D eigenvalue weighted by molar-refractivity contribution is 0.675. The molecular weight excluding hydrogens is 290 g/mol. The number of nitrogens with two attached hydrogens (primary N) is 1. The Morgan fingerprint density at radius 1 is 1.14 bits per heavy atom. The van der Waals surface area contributed by atoms with E-state index in [0.29, 0.717) is 5.92 Å². The average Bonchev–Trinajstić information content (AvgIpc) is 3.04. The fourth-order valence-electron chi connectivity index (χ4n) is 3.30. The number of hydrogen-bond acceptors (Lipinski definition) is 3. The summed E-state index contributed by atoms with van der Waals surface area (Å²) in [5.74, 6) is 1.34. The van der Waals surface area contributed by atoms with Crippen molar-refractivity contribution in [3.05, 3.63) is 40.4 Å². The number of thiazole rings is 1. The van der Waals surface area contributed by atoms with Crippen molar-refractivity contribution in [3.63, 3.8) is 0 Å². The minimum atomic E-state index is 0.545. The molecule has 2 heterocycles. The molecule has 4 heteroatoms. The Morgan fingerprint density at radius 3 is 2.59 bits per heavy atom. The standard InChI is InChI=1S/C18H21N3S/c1-11(2)12-7-9-13(10-8-12)16-17(19)21-14-5-3-4-6-15(14)22-18(21)20-16/h7-11H,3-6,19H2,1-2H3. The van der Waals surface area contributed by atoms with Crippen molar-refractivity contribution in [2.75, 3.05) is 5.73 Å². The molecule has 2 aromatic heterocycles. The molecule has 0 atom stereocenters. The molecule has 1 aliphatic carbocycles. The molecule has 0 radical (unpaired) electrons. The highest BCUT2D eigenvalue weighted by molar-refractivity contribution is 7.17. The molecule has 1 aliphatic rings. The number of fused-ring (bicyclic) bond motifs is 3. The van der Waals surface area contributed by atoms with Gasteiger partial charge in [-0.25, -0.2) is 4.98 Å². The van der Waals surface area contributed by atoms with Crippen LogP contribution in [0.15, 0.2) is 24.3 Å². The van der Waals surface area contributed by atoms with Gasteiger partial charge in [0.1, 0.15) is 11.5 Å². The largest absolute Gasteiger partial charge is 0.383 e. The van der Waals surface area contributed by atoms with Gasteiger partial charge in [0.05, 0.1) is 0 Å². The van der Waals surface area contributed by atoms with Crippen LogP contribution in [-0.2, 0) is 12.8 Å². The summed E-state index contributed by atoms with van der Waals surface area (Å²) in [6, 6.07) is 8.65. The zero-order valence-corrected chi connectivity index (χ0v) is 13.9. The predicted molar refractivity (Wildman–Crippen MR) is 93.6 cm³/mol. The van der Waals surface area contributed by atoms with E-state index in [1.807, 2.05) is 11.3 Å². The SMILES string of the molecule is CC(C)c1ccc(-c2nc3sc4c(n3c2N)CCCC4)cc1. The summed E-state index contributed by atoms with van der Waals surface area (Å²) < 4.78 is 2.19. The van der Waals surface area contributed by atoms with Crippen LogP contribution in [0.1, 0.15) is 48.7 Å². The van der Waals surface area contributed by atoms with Gasteiger partial charge in [0, 0.05) is 16.1 Å². The van der Waals surface area contributed by atoms with E-state index in [0.717, 1.165) is 28.5 Å². The van der Waals surface area contributed by atoms with Crippen molar-refractivity contribution >= 4 is 22.1 Å². The van der Waals surface area contributed by atoms with Crippen molar-refractivity contribution in [1.82, 2.24) is 9.38 Å². The van der Waals surface area contributed by atoms with Crippen LogP contribution in [0.25, 0.3) is 16.2 Å². The second-order valence-corrected chi connectivity index (χ2v) is 7.48. The lowest BCUT2D eigenvalue weighted by Crippen LogP contribution is -2.05. The molecule has 0 spiro atoms. The summed E-state index contributed by atoms with van der Waals surface area (Å²) in [7, 11) is 0. The average molecular weight is 311 g/mol. The van der Waals surface area contributed by atoms with E-state index >= 15 is 0 Å². The zero-order chi connectivity index (χ0) is 15.3. The van der Waals surface area contributed by atoms with Gasteiger partial charge in [0.2, 0.25) is 0 Å². The highest BCUT2D eigenvalue weighted by Gasteiger charge is 2.21. The van der Waals surface area contributed by atoms with Gasteiger partial charge in [0.15, 0.2) is 4.96 Å². The summed E-state index contributed by atoms with van der Waals surface area (Å²) in [6.45, 7) is 4.42. The predicted octanol–water partition coefficient (Wildman–Crippen LogP) is 4.65. The van der Waals surface area contributed by atoms with Crippen LogP contribution in [0.3, 0.4) is 0 Å². The molecule has 0 amide bonds. The van der Waals surface area contributed by atoms with Crippen LogP contribution in [0, 0.1) is 0 Å². The topological polar surface area (TPSA) is 43.3 Å². The minimum absolute atomic E-state index is 0.545. The molecule has 0 saturated heterocycles. The molecule has 3 aromatic rings. The van der Waals surface area contributed by atoms with E-state index in [1.165, 1.54) is 35.4 Å². The Morgan fingerprint density at radius 2 is 1.86 bits per heavy atom. The van der Waals surface area contributed by atoms with E-state index in [9.17, 15) is 0 Å². The second kappa shape index (κ2) is 5.13. The van der Waals surface area contributed by atoms with Crippen LogP contribution >= 0.6 is 11.3 Å². The first-order chi connectivity index (χ1) is 10.6. The Kier molecular flexibility index (Phi) is 3.22. The number of aromatic nitrogens is 2. The van der Waals surface area contributed by atoms with E-state index in [4.69, 9.17) is 10.7 Å². The Bertz CT molecular complexity index is 824. The normalized spacial score (nSPS) is 14.7. The van der Waals surface area contributed by atoms with Crippen LogP contribution in [-0.4, -0.2) is 9.38 Å². The van der Waals surface area contributed by atoms with Crippen molar-refractivity contribution in [3.8, 4) is 11.3 Å². The van der Waals surface area contributed by atoms with Gasteiger partial charge in [-0.05, 0) is 37.2 Å². The van der Waals surface area contributed by atoms with E-state index < -0.39 is 0 Å². The van der Waals surface area contributed by atoms with Gasteiger partial charge in [-0.3, -0.25) is 4.40 Å². The number of nitrogens with zero attached hydrogens (tertiary/aromatic N) is 2. The molecule has 4 rings (SSSR count). The molecule has 2 N–H and O–H groups in total. The van der Waals surface area contributed by atoms with Gasteiger partial charge in [-0.15, -0.1) is 11.3 Å². The maximum Gasteiger partial charge on any atom is 0.196 e. The molecule has 1 aromatic carbocycles. The third-order valence-corrected chi connectivity index (χ3v) is 5.75. The summed E-state index contributed by atoms with van der Waals surface area (Å²) in [6.07, 6.45) is 4.86. The van der Waals surface area contributed by atoms with Gasteiger partial charge in [0.25, 0.3) is 0 Å². The zero-order valence-electron chi connectivity index (χ0n) is 13.1. The maximum absolute atomic E-state index is 6.44. The fraction of sp³-hybridized carbons (Fsp3) is 0.389. The molecule has 0 saturated carbocycles. The van der Waals surface area contributed by atoms with Gasteiger partial charge in [-0.2, -0.15) is 0 Å². The monoisotopic (exact) mass is 311 g/mol. The third-order valence-electron chi connectivity index (χ3n) is 4.61. The smallest absolute Gasteiger partial charge is 0.196 e. The summed E-state index contributed by atoms with van der Waals surface area (Å²) >= 11 is 1.81. The van der Waals surface area contributed by atoms with E-state index in [2.05, 4.69) is 42.5 Å². The number of benzene rings is 1. The van der Waals surface area contributed by atoms with Gasteiger partial charge >= 0.3 is 0 Å². The van der Waals surface area contributed by atoms with Crippen LogP contribution in [0.5, 0.6) is 0 Å². The van der Waals surface area contributed by atoms with Crippen molar-refractivity contribution < 1.29 is 0 Å². The number of nitrogen functional groups attached to an aromatic ring is 1.